The van der Waals surface area contributed by atoms with Gasteiger partial charge in [-0.15, -0.1) is 11.3 Å². The predicted octanol–water partition coefficient (Wildman–Crippen LogP) is 3.49. The van der Waals surface area contributed by atoms with E-state index in [1.807, 2.05) is 17.5 Å². The molecule has 0 aliphatic carbocycles. The highest BCUT2D eigenvalue weighted by Crippen LogP contribution is 2.16. The Morgan fingerprint density at radius 2 is 1.94 bits per heavy atom. The summed E-state index contributed by atoms with van der Waals surface area (Å²) >= 11 is 7.32. The van der Waals surface area contributed by atoms with Gasteiger partial charge in [0.1, 0.15) is 6.10 Å². The molecule has 0 amide bonds. The minimum absolute atomic E-state index is 0.655. The van der Waals surface area contributed by atoms with E-state index in [1.165, 1.54) is 0 Å². The van der Waals surface area contributed by atoms with E-state index in [9.17, 15) is 5.11 Å². The van der Waals surface area contributed by atoms with Crippen LogP contribution in [0, 0.1) is 11.8 Å². The zero-order valence-electron chi connectivity index (χ0n) is 8.35. The van der Waals surface area contributed by atoms with Crippen molar-refractivity contribution in [1.82, 2.24) is 0 Å². The lowest BCUT2D eigenvalue weighted by molar-refractivity contribution is 0.238. The third kappa shape index (κ3) is 2.86. The number of thiophene rings is 1. The predicted molar refractivity (Wildman–Crippen MR) is 67.6 cm³/mol. The number of hydrogen-bond acceptors (Lipinski definition) is 2. The van der Waals surface area contributed by atoms with Crippen molar-refractivity contribution in [3.05, 3.63) is 57.2 Å². The average Bonchev–Trinajstić information content (AvgIpc) is 2.80. The molecule has 0 fully saturated rings. The number of aliphatic hydroxyl groups excluding tert-OH is 1. The highest BCUT2D eigenvalue weighted by molar-refractivity contribution is 7.10. The summed E-state index contributed by atoms with van der Waals surface area (Å²) in [6, 6.07) is 10.9. The van der Waals surface area contributed by atoms with E-state index in [-0.39, 0.29) is 0 Å². The molecule has 0 saturated carbocycles. The first-order chi connectivity index (χ1) is 7.75. The molecule has 0 aliphatic rings. The largest absolute Gasteiger partial charge is 0.376 e. The number of hydrogen-bond donors (Lipinski definition) is 1. The molecule has 1 atom stereocenters. The number of rotatable bonds is 1. The van der Waals surface area contributed by atoms with Crippen molar-refractivity contribution in [2.24, 2.45) is 0 Å². The Bertz CT molecular complexity index is 505. The van der Waals surface area contributed by atoms with Gasteiger partial charge in [0.15, 0.2) is 0 Å². The zero-order chi connectivity index (χ0) is 11.4. The highest BCUT2D eigenvalue weighted by atomic mass is 35.5. The normalized spacial score (nSPS) is 11.6. The standard InChI is InChI=1S/C13H9ClOS/c14-11-5-3-10(4-6-11)13(15)8-7-12-2-1-9-16-12/h1-6,9,13,15H/t13-/m1/s1. The SMILES string of the molecule is O[C@H](C#Cc1cccs1)c1ccc(Cl)cc1. The Hall–Kier alpha value is -1.27. The lowest BCUT2D eigenvalue weighted by Gasteiger charge is -2.02. The van der Waals surface area contributed by atoms with Crippen molar-refractivity contribution in [2.75, 3.05) is 0 Å². The summed E-state index contributed by atoms with van der Waals surface area (Å²) in [5.41, 5.74) is 0.758. The Balaban J connectivity index is 2.14. The van der Waals surface area contributed by atoms with Crippen LogP contribution >= 0.6 is 22.9 Å². The van der Waals surface area contributed by atoms with Gasteiger partial charge < -0.3 is 5.11 Å². The maximum Gasteiger partial charge on any atom is 0.140 e. The minimum Gasteiger partial charge on any atom is -0.376 e. The van der Waals surface area contributed by atoms with Gasteiger partial charge in [0.25, 0.3) is 0 Å². The van der Waals surface area contributed by atoms with Crippen LogP contribution in [-0.2, 0) is 0 Å². The van der Waals surface area contributed by atoms with E-state index >= 15 is 0 Å². The van der Waals surface area contributed by atoms with E-state index < -0.39 is 6.10 Å². The van der Waals surface area contributed by atoms with Crippen molar-refractivity contribution in [1.29, 1.82) is 0 Å². The summed E-state index contributed by atoms with van der Waals surface area (Å²) < 4.78 is 0. The van der Waals surface area contributed by atoms with Crippen molar-refractivity contribution in [3.63, 3.8) is 0 Å². The second-order valence-corrected chi connectivity index (χ2v) is 4.58. The van der Waals surface area contributed by atoms with Gasteiger partial charge in [0, 0.05) is 5.02 Å². The first-order valence-electron chi connectivity index (χ1n) is 4.74. The van der Waals surface area contributed by atoms with Gasteiger partial charge in [-0.3, -0.25) is 0 Å². The lowest BCUT2D eigenvalue weighted by atomic mass is 10.1. The fourth-order valence-corrected chi connectivity index (χ4v) is 1.92. The van der Waals surface area contributed by atoms with Crippen LogP contribution in [0.1, 0.15) is 16.5 Å². The molecule has 2 aromatic rings. The lowest BCUT2D eigenvalue weighted by Crippen LogP contribution is -1.92. The van der Waals surface area contributed by atoms with Crippen molar-refractivity contribution in [3.8, 4) is 11.8 Å². The maximum absolute atomic E-state index is 9.80. The van der Waals surface area contributed by atoms with E-state index in [1.54, 1.807) is 35.6 Å². The molecule has 3 heteroatoms. The summed E-state index contributed by atoms with van der Waals surface area (Å²) in [5.74, 6) is 5.72. The molecule has 16 heavy (non-hydrogen) atoms. The Morgan fingerprint density at radius 3 is 2.56 bits per heavy atom. The maximum atomic E-state index is 9.80. The molecule has 0 aliphatic heterocycles. The molecule has 0 saturated heterocycles. The van der Waals surface area contributed by atoms with Crippen LogP contribution in [0.25, 0.3) is 0 Å². The van der Waals surface area contributed by atoms with E-state index in [0.29, 0.717) is 5.02 Å². The second-order valence-electron chi connectivity index (χ2n) is 3.20. The summed E-state index contributed by atoms with van der Waals surface area (Å²) in [6.07, 6.45) is -0.764. The number of aliphatic hydroxyl groups is 1. The van der Waals surface area contributed by atoms with Gasteiger partial charge in [-0.05, 0) is 29.1 Å². The van der Waals surface area contributed by atoms with E-state index in [2.05, 4.69) is 11.8 Å². The van der Waals surface area contributed by atoms with Crippen molar-refractivity contribution in [2.45, 2.75) is 6.10 Å². The topological polar surface area (TPSA) is 20.2 Å². The molecule has 1 nitrogen and oxygen atoms in total. The molecule has 0 unspecified atom stereocenters. The third-order valence-electron chi connectivity index (χ3n) is 2.04. The Labute approximate surface area is 103 Å². The van der Waals surface area contributed by atoms with Crippen LogP contribution in [0.2, 0.25) is 5.02 Å². The van der Waals surface area contributed by atoms with Crippen molar-refractivity contribution < 1.29 is 5.11 Å². The summed E-state index contributed by atoms with van der Waals surface area (Å²) in [7, 11) is 0. The van der Waals surface area contributed by atoms with Crippen molar-refractivity contribution >= 4 is 22.9 Å². The van der Waals surface area contributed by atoms with Crippen LogP contribution in [0.4, 0.5) is 0 Å². The molecule has 0 radical (unpaired) electrons. The fourth-order valence-electron chi connectivity index (χ4n) is 1.22. The van der Waals surface area contributed by atoms with Gasteiger partial charge in [-0.25, -0.2) is 0 Å². The fraction of sp³-hybridized carbons (Fsp3) is 0.0769. The second kappa shape index (κ2) is 5.18. The Morgan fingerprint density at radius 1 is 1.19 bits per heavy atom. The summed E-state index contributed by atoms with van der Waals surface area (Å²) in [6.45, 7) is 0. The molecule has 1 N–H and O–H groups in total. The summed E-state index contributed by atoms with van der Waals surface area (Å²) in [4.78, 5) is 0.952. The monoisotopic (exact) mass is 248 g/mol. The summed E-state index contributed by atoms with van der Waals surface area (Å²) in [5, 5.41) is 12.4. The quantitative estimate of drug-likeness (QED) is 0.766. The van der Waals surface area contributed by atoms with Gasteiger partial charge >= 0.3 is 0 Å². The van der Waals surface area contributed by atoms with Gasteiger partial charge in [-0.2, -0.15) is 0 Å². The molecule has 1 aromatic heterocycles. The number of halogens is 1. The zero-order valence-corrected chi connectivity index (χ0v) is 9.92. The third-order valence-corrected chi connectivity index (χ3v) is 3.08. The van der Waals surface area contributed by atoms with E-state index in [0.717, 1.165) is 10.4 Å². The molecule has 1 aromatic carbocycles. The minimum atomic E-state index is -0.764. The first-order valence-corrected chi connectivity index (χ1v) is 6.00. The highest BCUT2D eigenvalue weighted by Gasteiger charge is 2.02. The Kier molecular flexibility index (Phi) is 3.63. The van der Waals surface area contributed by atoms with Crippen LogP contribution in [0.3, 0.4) is 0 Å². The van der Waals surface area contributed by atoms with Crippen LogP contribution in [-0.4, -0.2) is 5.11 Å². The first kappa shape index (κ1) is 11.2. The molecule has 0 spiro atoms. The molecular formula is C13H9ClOS. The van der Waals surface area contributed by atoms with Crippen LogP contribution < -0.4 is 0 Å². The van der Waals surface area contributed by atoms with E-state index in [4.69, 9.17) is 11.6 Å². The van der Waals surface area contributed by atoms with Crippen LogP contribution in [0.15, 0.2) is 41.8 Å². The molecule has 2 rings (SSSR count). The van der Waals surface area contributed by atoms with Gasteiger partial charge in [0.05, 0.1) is 4.88 Å². The molecule has 0 bridgehead atoms. The molecular weight excluding hydrogens is 240 g/mol. The van der Waals surface area contributed by atoms with Gasteiger partial charge in [0.2, 0.25) is 0 Å². The number of benzene rings is 1. The van der Waals surface area contributed by atoms with Gasteiger partial charge in [-0.1, -0.05) is 41.6 Å². The average molecular weight is 249 g/mol. The van der Waals surface area contributed by atoms with Crippen LogP contribution in [0.5, 0.6) is 0 Å². The molecule has 80 valence electrons. The smallest absolute Gasteiger partial charge is 0.140 e. The molecule has 1 heterocycles.